The molecular formula is C20H27N5S. The number of fused-ring (bicyclic) bond motifs is 1. The molecule has 0 bridgehead atoms. The molecular weight excluding hydrogens is 342 g/mol. The Morgan fingerprint density at radius 2 is 2.04 bits per heavy atom. The van der Waals surface area contributed by atoms with Gasteiger partial charge in [-0.2, -0.15) is 0 Å². The fraction of sp³-hybridized carbons (Fsp3) is 0.350. The molecule has 0 radical (unpaired) electrons. The Morgan fingerprint density at radius 3 is 2.77 bits per heavy atom. The number of nitrogens with zero attached hydrogens (tertiary/aromatic N) is 2. The molecule has 0 aliphatic heterocycles. The van der Waals surface area contributed by atoms with E-state index in [9.17, 15) is 0 Å². The fourth-order valence-electron chi connectivity index (χ4n) is 3.09. The molecule has 3 rings (SSSR count). The SMILES string of the molecule is CN=C(NCCc1c[nH]c2ccccc12)NCC(c1cccs1)N(C)C. The van der Waals surface area contributed by atoms with Crippen LogP contribution in [0.1, 0.15) is 16.5 Å². The summed E-state index contributed by atoms with van der Waals surface area (Å²) in [6.45, 7) is 1.66. The van der Waals surface area contributed by atoms with Crippen molar-refractivity contribution in [3.05, 3.63) is 58.4 Å². The zero-order chi connectivity index (χ0) is 18.4. The van der Waals surface area contributed by atoms with E-state index in [-0.39, 0.29) is 0 Å². The van der Waals surface area contributed by atoms with Crippen LogP contribution in [0, 0.1) is 0 Å². The zero-order valence-corrected chi connectivity index (χ0v) is 16.4. The Kier molecular flexibility index (Phi) is 6.30. The first-order chi connectivity index (χ1) is 12.7. The van der Waals surface area contributed by atoms with E-state index >= 15 is 0 Å². The van der Waals surface area contributed by atoms with Gasteiger partial charge in [0.25, 0.3) is 0 Å². The molecule has 1 aromatic carbocycles. The van der Waals surface area contributed by atoms with Gasteiger partial charge in [-0.05, 0) is 43.6 Å². The predicted octanol–water partition coefficient (Wildman–Crippen LogP) is 3.24. The van der Waals surface area contributed by atoms with Gasteiger partial charge < -0.3 is 20.5 Å². The molecule has 1 unspecified atom stereocenters. The lowest BCUT2D eigenvalue weighted by Crippen LogP contribution is -2.42. The Morgan fingerprint density at radius 1 is 1.19 bits per heavy atom. The lowest BCUT2D eigenvalue weighted by atomic mass is 10.1. The normalized spacial score (nSPS) is 13.3. The van der Waals surface area contributed by atoms with Crippen LogP contribution in [0.25, 0.3) is 10.9 Å². The molecule has 0 saturated carbocycles. The second kappa shape index (κ2) is 8.87. The number of nitrogens with one attached hydrogen (secondary N) is 3. The second-order valence-corrected chi connectivity index (χ2v) is 7.46. The lowest BCUT2D eigenvalue weighted by Gasteiger charge is -2.24. The molecule has 6 heteroatoms. The molecule has 3 aromatic rings. The van der Waals surface area contributed by atoms with Crippen LogP contribution < -0.4 is 10.6 Å². The van der Waals surface area contributed by atoms with Crippen molar-refractivity contribution >= 4 is 28.2 Å². The van der Waals surface area contributed by atoms with Crippen LogP contribution in [0.3, 0.4) is 0 Å². The third-order valence-electron chi connectivity index (χ3n) is 4.54. The fourth-order valence-corrected chi connectivity index (χ4v) is 4.01. The molecule has 0 aliphatic carbocycles. The van der Waals surface area contributed by atoms with Crippen LogP contribution in [0.15, 0.2) is 53.0 Å². The molecule has 138 valence electrons. The van der Waals surface area contributed by atoms with Crippen molar-refractivity contribution in [3.63, 3.8) is 0 Å². The first-order valence-corrected chi connectivity index (χ1v) is 9.76. The van der Waals surface area contributed by atoms with Gasteiger partial charge in [-0.15, -0.1) is 11.3 Å². The van der Waals surface area contributed by atoms with Gasteiger partial charge in [-0.3, -0.25) is 4.99 Å². The van der Waals surface area contributed by atoms with E-state index in [4.69, 9.17) is 0 Å². The van der Waals surface area contributed by atoms with Gasteiger partial charge in [0.05, 0.1) is 6.04 Å². The number of para-hydroxylation sites is 1. The summed E-state index contributed by atoms with van der Waals surface area (Å²) in [4.78, 5) is 11.3. The standard InChI is InChI=1S/C20H27N5S/c1-21-20(24-14-18(25(2)3)19-9-6-12-26-19)22-11-10-15-13-23-17-8-5-4-7-16(15)17/h4-9,12-13,18,23H,10-11,14H2,1-3H3,(H2,21,22,24). The summed E-state index contributed by atoms with van der Waals surface area (Å²) >= 11 is 1.79. The molecule has 0 amide bonds. The van der Waals surface area contributed by atoms with Crippen molar-refractivity contribution in [3.8, 4) is 0 Å². The molecule has 2 aromatic heterocycles. The number of hydrogen-bond donors (Lipinski definition) is 3. The number of aromatic nitrogens is 1. The van der Waals surface area contributed by atoms with E-state index in [1.807, 2.05) is 7.05 Å². The number of rotatable bonds is 7. The van der Waals surface area contributed by atoms with E-state index in [2.05, 4.69) is 87.6 Å². The van der Waals surface area contributed by atoms with E-state index in [1.54, 1.807) is 11.3 Å². The zero-order valence-electron chi connectivity index (χ0n) is 15.6. The number of guanidine groups is 1. The smallest absolute Gasteiger partial charge is 0.191 e. The van der Waals surface area contributed by atoms with Gasteiger partial charge in [-0.1, -0.05) is 24.3 Å². The number of thiophene rings is 1. The van der Waals surface area contributed by atoms with E-state index in [0.29, 0.717) is 6.04 Å². The number of hydrogen-bond acceptors (Lipinski definition) is 3. The molecule has 3 N–H and O–H groups in total. The number of H-pyrrole nitrogens is 1. The van der Waals surface area contributed by atoms with Crippen molar-refractivity contribution in [2.75, 3.05) is 34.2 Å². The molecule has 1 atom stereocenters. The van der Waals surface area contributed by atoms with Gasteiger partial charge >= 0.3 is 0 Å². The highest BCUT2D eigenvalue weighted by molar-refractivity contribution is 7.10. The van der Waals surface area contributed by atoms with Crippen molar-refractivity contribution in [2.24, 2.45) is 4.99 Å². The molecule has 5 nitrogen and oxygen atoms in total. The summed E-state index contributed by atoms with van der Waals surface area (Å²) < 4.78 is 0. The molecule has 2 heterocycles. The minimum absolute atomic E-state index is 0.335. The lowest BCUT2D eigenvalue weighted by molar-refractivity contribution is 0.302. The van der Waals surface area contributed by atoms with E-state index < -0.39 is 0 Å². The molecule has 26 heavy (non-hydrogen) atoms. The number of benzene rings is 1. The summed E-state index contributed by atoms with van der Waals surface area (Å²) in [7, 11) is 6.04. The molecule has 0 aliphatic rings. The molecule has 0 fully saturated rings. The summed E-state index contributed by atoms with van der Waals surface area (Å²) in [6, 6.07) is 13.0. The van der Waals surface area contributed by atoms with Gasteiger partial charge in [0, 0.05) is 42.1 Å². The second-order valence-electron chi connectivity index (χ2n) is 6.48. The maximum atomic E-state index is 4.35. The minimum atomic E-state index is 0.335. The van der Waals surface area contributed by atoms with E-state index in [1.165, 1.54) is 21.3 Å². The van der Waals surface area contributed by atoms with Crippen LogP contribution in [-0.2, 0) is 6.42 Å². The number of aliphatic imine (C=N–C) groups is 1. The Labute approximate surface area is 159 Å². The van der Waals surface area contributed by atoms with Crippen molar-refractivity contribution in [1.82, 2.24) is 20.5 Å². The molecule has 0 spiro atoms. The van der Waals surface area contributed by atoms with Crippen molar-refractivity contribution in [2.45, 2.75) is 12.5 Å². The Balaban J connectivity index is 1.52. The van der Waals surface area contributed by atoms with Gasteiger partial charge in [0.2, 0.25) is 0 Å². The van der Waals surface area contributed by atoms with Crippen molar-refractivity contribution < 1.29 is 0 Å². The average molecular weight is 370 g/mol. The van der Waals surface area contributed by atoms with Crippen LogP contribution in [0.2, 0.25) is 0 Å². The van der Waals surface area contributed by atoms with Crippen LogP contribution >= 0.6 is 11.3 Å². The Bertz CT molecular complexity index is 835. The first-order valence-electron chi connectivity index (χ1n) is 8.88. The largest absolute Gasteiger partial charge is 0.361 e. The maximum Gasteiger partial charge on any atom is 0.191 e. The van der Waals surface area contributed by atoms with Crippen molar-refractivity contribution in [1.29, 1.82) is 0 Å². The van der Waals surface area contributed by atoms with Crippen LogP contribution in [0.4, 0.5) is 0 Å². The average Bonchev–Trinajstić information content (AvgIpc) is 3.30. The van der Waals surface area contributed by atoms with Gasteiger partial charge in [-0.25, -0.2) is 0 Å². The Hall–Kier alpha value is -2.31. The third-order valence-corrected chi connectivity index (χ3v) is 5.52. The van der Waals surface area contributed by atoms with Crippen LogP contribution in [0.5, 0.6) is 0 Å². The summed E-state index contributed by atoms with van der Waals surface area (Å²) in [5, 5.41) is 10.3. The number of likely N-dealkylation sites (N-methyl/N-ethyl adjacent to an activating group) is 1. The summed E-state index contributed by atoms with van der Waals surface area (Å²) in [5.41, 5.74) is 2.52. The quantitative estimate of drug-likeness (QED) is 0.443. The third kappa shape index (κ3) is 4.45. The minimum Gasteiger partial charge on any atom is -0.361 e. The highest BCUT2D eigenvalue weighted by Crippen LogP contribution is 2.22. The topological polar surface area (TPSA) is 55.5 Å². The predicted molar refractivity (Wildman–Crippen MR) is 112 cm³/mol. The van der Waals surface area contributed by atoms with Gasteiger partial charge in [0.15, 0.2) is 5.96 Å². The van der Waals surface area contributed by atoms with Crippen LogP contribution in [-0.4, -0.2) is 50.1 Å². The first kappa shape index (κ1) is 18.5. The highest BCUT2D eigenvalue weighted by atomic mass is 32.1. The highest BCUT2D eigenvalue weighted by Gasteiger charge is 2.15. The monoisotopic (exact) mass is 369 g/mol. The summed E-state index contributed by atoms with van der Waals surface area (Å²) in [6.07, 6.45) is 3.05. The summed E-state index contributed by atoms with van der Waals surface area (Å²) in [5.74, 6) is 0.841. The maximum absolute atomic E-state index is 4.35. The molecule has 0 saturated heterocycles. The van der Waals surface area contributed by atoms with E-state index in [0.717, 1.165) is 25.5 Å². The van der Waals surface area contributed by atoms with Gasteiger partial charge in [0.1, 0.15) is 0 Å². The number of aromatic amines is 1.